The number of aliphatic imine (C=N–C) groups is 1. The van der Waals surface area contributed by atoms with Crippen LogP contribution in [0, 0.1) is 12.7 Å². The summed E-state index contributed by atoms with van der Waals surface area (Å²) in [6, 6.07) is 12.4. The molecule has 2 aromatic rings. The first-order valence-corrected chi connectivity index (χ1v) is 7.74. The maximum Gasteiger partial charge on any atom is 0.331 e. The number of aryl methyl sites for hydroxylation is 1. The summed E-state index contributed by atoms with van der Waals surface area (Å²) in [7, 11) is 0. The number of hydrogen-bond acceptors (Lipinski definition) is 3. The molecule has 0 aliphatic carbocycles. The number of halogens is 3. The number of alkyl halides is 2. The monoisotopic (exact) mass is 349 g/mol. The van der Waals surface area contributed by atoms with E-state index in [-0.39, 0.29) is 18.3 Å². The summed E-state index contributed by atoms with van der Waals surface area (Å²) in [4.78, 5) is 2.99. The standard InChI is InChI=1S/C19H20F3N3.H2/c1-12-5-3-4-6-14(12)10-24-15-7-8-16(18(20)9-15)17(13(2)23)11-25-19(21)22;/h3-9,11,19,24H,10,23H2,1-2H3;1H/b17-13+,25-11+;. The van der Waals surface area contributed by atoms with Gasteiger partial charge < -0.3 is 11.1 Å². The average Bonchev–Trinajstić information content (AvgIpc) is 2.55. The Hall–Kier alpha value is -2.76. The van der Waals surface area contributed by atoms with Crippen LogP contribution in [0.5, 0.6) is 0 Å². The highest BCUT2D eigenvalue weighted by molar-refractivity contribution is 6.10. The second-order valence-corrected chi connectivity index (χ2v) is 5.63. The topological polar surface area (TPSA) is 50.4 Å². The molecule has 0 saturated carbocycles. The van der Waals surface area contributed by atoms with E-state index in [4.69, 9.17) is 5.73 Å². The van der Waals surface area contributed by atoms with Crippen molar-refractivity contribution in [3.63, 3.8) is 0 Å². The zero-order valence-corrected chi connectivity index (χ0v) is 14.1. The van der Waals surface area contributed by atoms with Gasteiger partial charge in [0.25, 0.3) is 0 Å². The van der Waals surface area contributed by atoms with Crippen molar-refractivity contribution in [1.29, 1.82) is 0 Å². The molecule has 2 rings (SSSR count). The fourth-order valence-corrected chi connectivity index (χ4v) is 2.36. The first kappa shape index (κ1) is 18.6. The number of hydrogen-bond donors (Lipinski definition) is 2. The lowest BCUT2D eigenvalue weighted by Crippen LogP contribution is -2.05. The van der Waals surface area contributed by atoms with Crippen molar-refractivity contribution in [3.05, 3.63) is 70.7 Å². The minimum Gasteiger partial charge on any atom is -0.402 e. The average molecular weight is 349 g/mol. The number of anilines is 1. The molecular weight excluding hydrogens is 327 g/mol. The van der Waals surface area contributed by atoms with Gasteiger partial charge in [-0.25, -0.2) is 9.38 Å². The summed E-state index contributed by atoms with van der Waals surface area (Å²) in [5.74, 6) is -0.560. The molecule has 25 heavy (non-hydrogen) atoms. The zero-order chi connectivity index (χ0) is 18.4. The number of nitrogens with zero attached hydrogens (tertiary/aromatic N) is 1. The molecule has 3 N–H and O–H groups in total. The molecular formula is C19H22F3N3. The molecule has 0 saturated heterocycles. The highest BCUT2D eigenvalue weighted by Gasteiger charge is 2.10. The van der Waals surface area contributed by atoms with Crippen LogP contribution in [-0.4, -0.2) is 12.8 Å². The van der Waals surface area contributed by atoms with Crippen LogP contribution in [0.1, 0.15) is 25.0 Å². The van der Waals surface area contributed by atoms with Gasteiger partial charge in [-0.3, -0.25) is 0 Å². The lowest BCUT2D eigenvalue weighted by Gasteiger charge is -2.12. The smallest absolute Gasteiger partial charge is 0.331 e. The minimum atomic E-state index is -2.87. The number of benzene rings is 2. The summed E-state index contributed by atoms with van der Waals surface area (Å²) in [5.41, 5.74) is 8.99. The SMILES string of the molecule is C/C(N)=C(/C=N/C(F)F)c1ccc(NCc2ccccc2C)cc1F.[HH]. The number of rotatable bonds is 6. The molecule has 0 unspecified atom stereocenters. The van der Waals surface area contributed by atoms with Crippen LogP contribution in [0.4, 0.5) is 18.9 Å². The van der Waals surface area contributed by atoms with E-state index in [1.807, 2.05) is 31.2 Å². The van der Waals surface area contributed by atoms with Crippen molar-refractivity contribution >= 4 is 17.5 Å². The quantitative estimate of drug-likeness (QED) is 0.571. The lowest BCUT2D eigenvalue weighted by molar-refractivity contribution is 0.161. The third kappa shape index (κ3) is 5.11. The molecule has 6 heteroatoms. The third-order valence-corrected chi connectivity index (χ3v) is 3.74. The predicted octanol–water partition coefficient (Wildman–Crippen LogP) is 4.98. The van der Waals surface area contributed by atoms with Gasteiger partial charge in [0, 0.05) is 36.7 Å². The fourth-order valence-electron chi connectivity index (χ4n) is 2.36. The molecule has 0 spiro atoms. The van der Waals surface area contributed by atoms with E-state index in [0.29, 0.717) is 12.2 Å². The molecule has 0 bridgehead atoms. The summed E-state index contributed by atoms with van der Waals surface area (Å²) in [6.45, 7) is 1.20. The Morgan fingerprint density at radius 1 is 1.28 bits per heavy atom. The van der Waals surface area contributed by atoms with Crippen LogP contribution in [-0.2, 0) is 6.54 Å². The molecule has 134 valence electrons. The van der Waals surface area contributed by atoms with Gasteiger partial charge in [-0.2, -0.15) is 8.78 Å². The Morgan fingerprint density at radius 2 is 2.00 bits per heavy atom. The Kier molecular flexibility index (Phi) is 6.22. The minimum absolute atomic E-state index is 0. The Balaban J connectivity index is 0.00000338. The van der Waals surface area contributed by atoms with Gasteiger partial charge in [0.1, 0.15) is 5.82 Å². The first-order chi connectivity index (χ1) is 11.9. The van der Waals surface area contributed by atoms with Crippen molar-refractivity contribution in [3.8, 4) is 0 Å². The summed E-state index contributed by atoms with van der Waals surface area (Å²) in [6.07, 6.45) is 0.902. The van der Waals surface area contributed by atoms with Gasteiger partial charge in [0.05, 0.1) is 0 Å². The number of nitrogens with one attached hydrogen (secondary N) is 1. The highest BCUT2D eigenvalue weighted by Crippen LogP contribution is 2.23. The molecule has 3 nitrogen and oxygen atoms in total. The van der Waals surface area contributed by atoms with Gasteiger partial charge >= 0.3 is 6.55 Å². The molecule has 0 aromatic heterocycles. The molecule has 0 aliphatic heterocycles. The second kappa shape index (κ2) is 8.37. The van der Waals surface area contributed by atoms with Crippen LogP contribution in [0.2, 0.25) is 0 Å². The van der Waals surface area contributed by atoms with Gasteiger partial charge in [-0.1, -0.05) is 24.3 Å². The molecule has 0 heterocycles. The fraction of sp³-hybridized carbons (Fsp3) is 0.211. The van der Waals surface area contributed by atoms with Crippen molar-refractivity contribution in [1.82, 2.24) is 0 Å². The van der Waals surface area contributed by atoms with Crippen LogP contribution in [0.25, 0.3) is 5.57 Å². The molecule has 0 amide bonds. The maximum atomic E-state index is 14.4. The van der Waals surface area contributed by atoms with Gasteiger partial charge in [-0.05, 0) is 43.2 Å². The number of nitrogens with two attached hydrogens (primary N) is 1. The maximum absolute atomic E-state index is 14.4. The molecule has 0 fully saturated rings. The van der Waals surface area contributed by atoms with Crippen molar-refractivity contribution in [2.75, 3.05) is 5.32 Å². The lowest BCUT2D eigenvalue weighted by atomic mass is 10.0. The summed E-state index contributed by atoms with van der Waals surface area (Å²) < 4.78 is 38.9. The van der Waals surface area contributed by atoms with E-state index in [9.17, 15) is 13.2 Å². The molecule has 0 aliphatic rings. The predicted molar refractivity (Wildman–Crippen MR) is 98.3 cm³/mol. The third-order valence-electron chi connectivity index (χ3n) is 3.74. The van der Waals surface area contributed by atoms with E-state index in [1.165, 1.54) is 19.1 Å². The van der Waals surface area contributed by atoms with Gasteiger partial charge in [-0.15, -0.1) is 0 Å². The van der Waals surface area contributed by atoms with Crippen molar-refractivity contribution in [2.45, 2.75) is 26.9 Å². The van der Waals surface area contributed by atoms with Crippen LogP contribution < -0.4 is 11.1 Å². The molecule has 0 atom stereocenters. The van der Waals surface area contributed by atoms with E-state index < -0.39 is 12.4 Å². The van der Waals surface area contributed by atoms with Gasteiger partial charge in [0.2, 0.25) is 0 Å². The number of allylic oxidation sites excluding steroid dienone is 2. The van der Waals surface area contributed by atoms with Crippen LogP contribution >= 0.6 is 0 Å². The van der Waals surface area contributed by atoms with E-state index >= 15 is 0 Å². The Morgan fingerprint density at radius 3 is 2.60 bits per heavy atom. The normalized spacial score (nSPS) is 12.6. The van der Waals surface area contributed by atoms with Crippen LogP contribution in [0.15, 0.2) is 53.2 Å². The largest absolute Gasteiger partial charge is 0.402 e. The van der Waals surface area contributed by atoms with Crippen molar-refractivity contribution in [2.24, 2.45) is 10.7 Å². The molecule has 2 aromatic carbocycles. The highest BCUT2D eigenvalue weighted by atomic mass is 19.3. The van der Waals surface area contributed by atoms with E-state index in [1.54, 1.807) is 6.07 Å². The van der Waals surface area contributed by atoms with E-state index in [0.717, 1.165) is 17.3 Å². The van der Waals surface area contributed by atoms with Crippen LogP contribution in [0.3, 0.4) is 0 Å². The summed E-state index contributed by atoms with van der Waals surface area (Å²) in [5, 5.41) is 3.15. The van der Waals surface area contributed by atoms with Crippen molar-refractivity contribution < 1.29 is 14.6 Å². The second-order valence-electron chi connectivity index (χ2n) is 5.63. The van der Waals surface area contributed by atoms with E-state index in [2.05, 4.69) is 10.3 Å². The zero-order valence-electron chi connectivity index (χ0n) is 14.1. The Bertz CT molecular complexity index is 800. The summed E-state index contributed by atoms with van der Waals surface area (Å²) >= 11 is 0. The molecule has 0 radical (unpaired) electrons. The van der Waals surface area contributed by atoms with Gasteiger partial charge in [0.15, 0.2) is 0 Å². The first-order valence-electron chi connectivity index (χ1n) is 7.74. The Labute approximate surface area is 146 Å².